The van der Waals surface area contributed by atoms with Crippen LogP contribution in [0.25, 0.3) is 0 Å². The van der Waals surface area contributed by atoms with Crippen LogP contribution in [0.15, 0.2) is 6.20 Å². The van der Waals surface area contributed by atoms with Gasteiger partial charge in [-0.25, -0.2) is 4.98 Å². The molecule has 1 aromatic rings. The van der Waals surface area contributed by atoms with Crippen LogP contribution >= 0.6 is 11.6 Å². The van der Waals surface area contributed by atoms with E-state index in [0.717, 1.165) is 25.7 Å². The van der Waals surface area contributed by atoms with Crippen molar-refractivity contribution in [3.63, 3.8) is 0 Å². The Morgan fingerprint density at radius 2 is 2.00 bits per heavy atom. The molecule has 1 saturated carbocycles. The zero-order chi connectivity index (χ0) is 13.0. The molecule has 1 aliphatic rings. The molecule has 100 valence electrons. The maximum Gasteiger partial charge on any atom is 0.222 e. The zero-order valence-electron chi connectivity index (χ0n) is 10.3. The molecule has 5 nitrogen and oxygen atoms in total. The summed E-state index contributed by atoms with van der Waals surface area (Å²) >= 11 is 5.97. The van der Waals surface area contributed by atoms with Crippen LogP contribution in [0.2, 0.25) is 5.02 Å². The molecule has 0 aliphatic heterocycles. The topological polar surface area (TPSA) is 84.1 Å². The van der Waals surface area contributed by atoms with E-state index in [1.165, 1.54) is 19.0 Å². The fourth-order valence-electron chi connectivity index (χ4n) is 2.32. The van der Waals surface area contributed by atoms with E-state index in [9.17, 15) is 5.11 Å². The SMILES string of the molecule is Nc1ncc(Cl)c(NCC2(O)CCCCCC2)n1. The molecule has 0 saturated heterocycles. The second-order valence-electron chi connectivity index (χ2n) is 4.92. The molecule has 0 radical (unpaired) electrons. The van der Waals surface area contributed by atoms with Gasteiger partial charge in [0.25, 0.3) is 0 Å². The summed E-state index contributed by atoms with van der Waals surface area (Å²) in [5, 5.41) is 14.0. The number of rotatable bonds is 3. The van der Waals surface area contributed by atoms with Crippen LogP contribution < -0.4 is 11.1 Å². The lowest BCUT2D eigenvalue weighted by molar-refractivity contribution is 0.0380. The first kappa shape index (κ1) is 13.4. The molecular weight excluding hydrogens is 252 g/mol. The van der Waals surface area contributed by atoms with E-state index in [-0.39, 0.29) is 5.95 Å². The van der Waals surface area contributed by atoms with E-state index in [2.05, 4.69) is 15.3 Å². The largest absolute Gasteiger partial charge is 0.388 e. The van der Waals surface area contributed by atoms with Crippen molar-refractivity contribution >= 4 is 23.4 Å². The molecule has 6 heteroatoms. The number of nitrogen functional groups attached to an aromatic ring is 1. The summed E-state index contributed by atoms with van der Waals surface area (Å²) in [5.41, 5.74) is 4.84. The summed E-state index contributed by atoms with van der Waals surface area (Å²) in [7, 11) is 0. The van der Waals surface area contributed by atoms with Crippen LogP contribution in [0.3, 0.4) is 0 Å². The Kier molecular flexibility index (Phi) is 4.24. The van der Waals surface area contributed by atoms with Crippen LogP contribution in [0.5, 0.6) is 0 Å². The number of nitrogens with zero attached hydrogens (tertiary/aromatic N) is 2. The summed E-state index contributed by atoms with van der Waals surface area (Å²) < 4.78 is 0. The summed E-state index contributed by atoms with van der Waals surface area (Å²) in [5.74, 6) is 0.664. The molecule has 1 aromatic heterocycles. The lowest BCUT2D eigenvalue weighted by Crippen LogP contribution is -2.36. The minimum absolute atomic E-state index is 0.176. The molecule has 2 rings (SSSR count). The zero-order valence-corrected chi connectivity index (χ0v) is 11.1. The molecular formula is C12H19ClN4O. The third-order valence-electron chi connectivity index (χ3n) is 3.38. The first-order chi connectivity index (χ1) is 8.59. The van der Waals surface area contributed by atoms with Crippen molar-refractivity contribution in [2.45, 2.75) is 44.1 Å². The van der Waals surface area contributed by atoms with Crippen LogP contribution in [0.4, 0.5) is 11.8 Å². The van der Waals surface area contributed by atoms with Crippen LogP contribution in [0.1, 0.15) is 38.5 Å². The van der Waals surface area contributed by atoms with E-state index < -0.39 is 5.60 Å². The van der Waals surface area contributed by atoms with Gasteiger partial charge >= 0.3 is 0 Å². The predicted octanol–water partition coefficient (Wildman–Crippen LogP) is 2.21. The van der Waals surface area contributed by atoms with Crippen LogP contribution in [-0.4, -0.2) is 27.2 Å². The molecule has 1 heterocycles. The summed E-state index contributed by atoms with van der Waals surface area (Å²) in [4.78, 5) is 7.82. The monoisotopic (exact) mass is 270 g/mol. The van der Waals surface area contributed by atoms with Gasteiger partial charge in [0, 0.05) is 6.54 Å². The quantitative estimate of drug-likeness (QED) is 0.734. The van der Waals surface area contributed by atoms with E-state index in [1.54, 1.807) is 0 Å². The van der Waals surface area contributed by atoms with Crippen molar-refractivity contribution in [2.75, 3.05) is 17.6 Å². The number of anilines is 2. The maximum atomic E-state index is 10.5. The van der Waals surface area contributed by atoms with Gasteiger partial charge in [0.15, 0.2) is 5.82 Å². The third kappa shape index (κ3) is 3.46. The Morgan fingerprint density at radius 3 is 2.67 bits per heavy atom. The molecule has 0 unspecified atom stereocenters. The molecule has 1 fully saturated rings. The highest BCUT2D eigenvalue weighted by Crippen LogP contribution is 2.28. The normalized spacial score (nSPS) is 19.2. The predicted molar refractivity (Wildman–Crippen MR) is 72.6 cm³/mol. The Balaban J connectivity index is 1.99. The Labute approximate surface area is 112 Å². The van der Waals surface area contributed by atoms with Crippen molar-refractivity contribution in [3.8, 4) is 0 Å². The van der Waals surface area contributed by atoms with Crippen LogP contribution in [0, 0.1) is 0 Å². The van der Waals surface area contributed by atoms with Crippen molar-refractivity contribution in [3.05, 3.63) is 11.2 Å². The van der Waals surface area contributed by atoms with Gasteiger partial charge in [0.05, 0.1) is 11.8 Å². The van der Waals surface area contributed by atoms with Gasteiger partial charge in [0.1, 0.15) is 5.02 Å². The lowest BCUT2D eigenvalue weighted by atomic mass is 9.94. The number of nitrogens with one attached hydrogen (secondary N) is 1. The molecule has 0 bridgehead atoms. The van der Waals surface area contributed by atoms with Crippen molar-refractivity contribution in [2.24, 2.45) is 0 Å². The van der Waals surface area contributed by atoms with E-state index in [1.807, 2.05) is 0 Å². The first-order valence-corrected chi connectivity index (χ1v) is 6.71. The van der Waals surface area contributed by atoms with Gasteiger partial charge in [0.2, 0.25) is 5.95 Å². The minimum Gasteiger partial charge on any atom is -0.388 e. The highest BCUT2D eigenvalue weighted by molar-refractivity contribution is 6.32. The molecule has 0 amide bonds. The minimum atomic E-state index is -0.667. The highest BCUT2D eigenvalue weighted by Gasteiger charge is 2.28. The highest BCUT2D eigenvalue weighted by atomic mass is 35.5. The first-order valence-electron chi connectivity index (χ1n) is 6.33. The molecule has 0 atom stereocenters. The molecule has 0 aromatic carbocycles. The van der Waals surface area contributed by atoms with E-state index in [4.69, 9.17) is 17.3 Å². The second kappa shape index (κ2) is 5.71. The average molecular weight is 271 g/mol. The number of aliphatic hydroxyl groups is 1. The van der Waals surface area contributed by atoms with Gasteiger partial charge in [-0.1, -0.05) is 37.3 Å². The Morgan fingerprint density at radius 1 is 1.33 bits per heavy atom. The van der Waals surface area contributed by atoms with Gasteiger partial charge < -0.3 is 16.2 Å². The number of aromatic nitrogens is 2. The standard InChI is InChI=1S/C12H19ClN4O/c13-9-7-15-11(14)17-10(9)16-8-12(18)5-3-1-2-4-6-12/h7,18H,1-6,8H2,(H3,14,15,16,17). The van der Waals surface area contributed by atoms with Crippen molar-refractivity contribution < 1.29 is 5.11 Å². The lowest BCUT2D eigenvalue weighted by Gasteiger charge is -2.27. The smallest absolute Gasteiger partial charge is 0.222 e. The Hall–Kier alpha value is -1.07. The van der Waals surface area contributed by atoms with Gasteiger partial charge in [-0.3, -0.25) is 0 Å². The van der Waals surface area contributed by atoms with Crippen molar-refractivity contribution in [1.82, 2.24) is 9.97 Å². The van der Waals surface area contributed by atoms with Crippen molar-refractivity contribution in [1.29, 1.82) is 0 Å². The summed E-state index contributed by atoms with van der Waals surface area (Å²) in [6.07, 6.45) is 7.63. The molecule has 0 spiro atoms. The van der Waals surface area contributed by atoms with E-state index in [0.29, 0.717) is 17.4 Å². The number of hydrogen-bond donors (Lipinski definition) is 3. The van der Waals surface area contributed by atoms with Gasteiger partial charge in [-0.2, -0.15) is 4.98 Å². The second-order valence-corrected chi connectivity index (χ2v) is 5.32. The Bertz CT molecular complexity index is 405. The molecule has 1 aliphatic carbocycles. The molecule has 18 heavy (non-hydrogen) atoms. The fourth-order valence-corrected chi connectivity index (χ4v) is 2.47. The molecule has 4 N–H and O–H groups in total. The summed E-state index contributed by atoms with van der Waals surface area (Å²) in [6.45, 7) is 0.448. The number of hydrogen-bond acceptors (Lipinski definition) is 5. The van der Waals surface area contributed by atoms with Gasteiger partial charge in [-0.15, -0.1) is 0 Å². The van der Waals surface area contributed by atoms with E-state index >= 15 is 0 Å². The van der Waals surface area contributed by atoms with Crippen LogP contribution in [-0.2, 0) is 0 Å². The fraction of sp³-hybridized carbons (Fsp3) is 0.667. The third-order valence-corrected chi connectivity index (χ3v) is 3.66. The summed E-state index contributed by atoms with van der Waals surface area (Å²) in [6, 6.07) is 0. The number of nitrogens with two attached hydrogens (primary N) is 1. The average Bonchev–Trinajstić information content (AvgIpc) is 2.56. The maximum absolute atomic E-state index is 10.5. The van der Waals surface area contributed by atoms with Gasteiger partial charge in [-0.05, 0) is 12.8 Å². The number of halogens is 1.